The monoisotopic (exact) mass is 437 g/mol. The van der Waals surface area contributed by atoms with Gasteiger partial charge in [0, 0.05) is 23.8 Å². The molecule has 0 saturated heterocycles. The summed E-state index contributed by atoms with van der Waals surface area (Å²) in [6.45, 7) is 11.6. The average Bonchev–Trinajstić information content (AvgIpc) is 2.62. The summed E-state index contributed by atoms with van der Waals surface area (Å²) in [5, 5.41) is 11.9. The van der Waals surface area contributed by atoms with Crippen molar-refractivity contribution in [2.75, 3.05) is 11.5 Å². The van der Waals surface area contributed by atoms with Crippen LogP contribution >= 0.6 is 11.8 Å². The van der Waals surface area contributed by atoms with Crippen molar-refractivity contribution >= 4 is 29.4 Å². The molecule has 0 rings (SSSR count). The number of amides is 1. The van der Waals surface area contributed by atoms with Crippen LogP contribution in [0.1, 0.15) is 73.6 Å². The Balaban J connectivity index is 4.31. The Labute approximate surface area is 186 Å². The fourth-order valence-corrected chi connectivity index (χ4v) is 3.74. The topological polar surface area (TPSA) is 83.5 Å². The van der Waals surface area contributed by atoms with Gasteiger partial charge in [-0.3, -0.25) is 4.79 Å². The standard InChI is InChI=1S/C24H39NO4S/c1-17(2)9-7-10-18(3)11-8-12-19(4)13-14-30-16-22(24(28)29)25-23(27)20(5)15-21(6)26/h9,11,13,20,22H,7-8,10,12,14-16H2,1-6H3,(H,25,27)(H,28,29)/b18-11+,19-13+/t20?,22-/m0/s1. The zero-order valence-electron chi connectivity index (χ0n) is 19.4. The maximum absolute atomic E-state index is 12.1. The third kappa shape index (κ3) is 15.1. The molecule has 0 radical (unpaired) electrons. The Morgan fingerprint density at radius 3 is 2.03 bits per heavy atom. The van der Waals surface area contributed by atoms with E-state index in [1.165, 1.54) is 35.4 Å². The molecule has 6 heteroatoms. The van der Waals surface area contributed by atoms with Gasteiger partial charge in [-0.1, -0.05) is 41.9 Å². The number of hydrogen-bond donors (Lipinski definition) is 2. The van der Waals surface area contributed by atoms with Gasteiger partial charge in [-0.05, 0) is 60.3 Å². The highest BCUT2D eigenvalue weighted by atomic mass is 32.2. The van der Waals surface area contributed by atoms with E-state index in [0.717, 1.165) is 25.7 Å². The van der Waals surface area contributed by atoms with Gasteiger partial charge in [0.15, 0.2) is 0 Å². The molecule has 0 spiro atoms. The quantitative estimate of drug-likeness (QED) is 0.267. The molecule has 2 atom stereocenters. The summed E-state index contributed by atoms with van der Waals surface area (Å²) in [7, 11) is 0. The Morgan fingerprint density at radius 1 is 0.933 bits per heavy atom. The fraction of sp³-hybridized carbons (Fsp3) is 0.625. The first kappa shape index (κ1) is 28.2. The molecule has 1 amide bonds. The first-order valence-corrected chi connectivity index (χ1v) is 11.7. The van der Waals surface area contributed by atoms with Gasteiger partial charge in [0.2, 0.25) is 5.91 Å². The van der Waals surface area contributed by atoms with E-state index in [-0.39, 0.29) is 12.2 Å². The molecule has 0 fully saturated rings. The van der Waals surface area contributed by atoms with Crippen molar-refractivity contribution in [3.8, 4) is 0 Å². The first-order valence-electron chi connectivity index (χ1n) is 10.6. The Bertz CT molecular complexity index is 660. The third-order valence-corrected chi connectivity index (χ3v) is 5.58. The lowest BCUT2D eigenvalue weighted by molar-refractivity contribution is -0.141. The van der Waals surface area contributed by atoms with Crippen LogP contribution in [0.25, 0.3) is 0 Å². The van der Waals surface area contributed by atoms with Gasteiger partial charge in [-0.15, -0.1) is 0 Å². The highest BCUT2D eigenvalue weighted by Gasteiger charge is 2.23. The second-order valence-corrected chi connectivity index (χ2v) is 9.28. The predicted molar refractivity (Wildman–Crippen MR) is 127 cm³/mol. The highest BCUT2D eigenvalue weighted by Crippen LogP contribution is 2.13. The molecule has 0 bridgehead atoms. The third-order valence-electron chi connectivity index (χ3n) is 4.61. The maximum Gasteiger partial charge on any atom is 0.327 e. The molecule has 0 aromatic carbocycles. The number of carboxylic acids is 1. The molecule has 1 unspecified atom stereocenters. The van der Waals surface area contributed by atoms with Gasteiger partial charge >= 0.3 is 5.97 Å². The Hall–Kier alpha value is -1.82. The van der Waals surface area contributed by atoms with E-state index in [1.54, 1.807) is 6.92 Å². The average molecular weight is 438 g/mol. The molecular formula is C24H39NO4S. The zero-order valence-corrected chi connectivity index (χ0v) is 20.2. The minimum absolute atomic E-state index is 0.0857. The Kier molecular flexibility index (Phi) is 15.0. The predicted octanol–water partition coefficient (Wildman–Crippen LogP) is 5.32. The van der Waals surface area contributed by atoms with Gasteiger partial charge in [0.05, 0.1) is 0 Å². The lowest BCUT2D eigenvalue weighted by atomic mass is 10.0. The van der Waals surface area contributed by atoms with Gasteiger partial charge in [0.1, 0.15) is 11.8 Å². The van der Waals surface area contributed by atoms with Crippen LogP contribution in [0.5, 0.6) is 0 Å². The number of Topliss-reactive ketones (excluding diaryl/α,β-unsaturated/α-hetero) is 1. The number of ketones is 1. The van der Waals surface area contributed by atoms with Crippen molar-refractivity contribution in [1.29, 1.82) is 0 Å². The first-order chi connectivity index (χ1) is 14.0. The lowest BCUT2D eigenvalue weighted by Gasteiger charge is -2.17. The smallest absolute Gasteiger partial charge is 0.327 e. The largest absolute Gasteiger partial charge is 0.480 e. The minimum Gasteiger partial charge on any atom is -0.480 e. The number of allylic oxidation sites excluding steroid dienone is 5. The molecule has 0 saturated carbocycles. The molecule has 0 aliphatic rings. The van der Waals surface area contributed by atoms with Gasteiger partial charge < -0.3 is 15.2 Å². The van der Waals surface area contributed by atoms with E-state index in [1.807, 2.05) is 0 Å². The summed E-state index contributed by atoms with van der Waals surface area (Å²) in [5.41, 5.74) is 4.05. The van der Waals surface area contributed by atoms with Crippen LogP contribution < -0.4 is 5.32 Å². The van der Waals surface area contributed by atoms with Crippen molar-refractivity contribution in [2.45, 2.75) is 79.7 Å². The molecule has 5 nitrogen and oxygen atoms in total. The van der Waals surface area contributed by atoms with Crippen LogP contribution in [-0.4, -0.2) is 40.3 Å². The van der Waals surface area contributed by atoms with E-state index < -0.39 is 23.8 Å². The SMILES string of the molecule is CC(=O)CC(C)C(=O)N[C@@H](CSC/C=C(\C)CC/C=C(\C)CCC=C(C)C)C(=O)O. The van der Waals surface area contributed by atoms with Crippen LogP contribution in [0.15, 0.2) is 34.9 Å². The number of rotatable bonds is 15. The zero-order chi connectivity index (χ0) is 23.1. The summed E-state index contributed by atoms with van der Waals surface area (Å²) < 4.78 is 0. The molecule has 0 aromatic rings. The molecule has 170 valence electrons. The fourth-order valence-electron chi connectivity index (χ4n) is 2.74. The van der Waals surface area contributed by atoms with Gasteiger partial charge in [0.25, 0.3) is 0 Å². The summed E-state index contributed by atoms with van der Waals surface area (Å²) >= 11 is 1.48. The second kappa shape index (κ2) is 15.9. The van der Waals surface area contributed by atoms with Crippen molar-refractivity contribution in [1.82, 2.24) is 5.32 Å². The number of carbonyl (C=O) groups is 3. The molecule has 0 aromatic heterocycles. The second-order valence-electron chi connectivity index (χ2n) is 8.20. The summed E-state index contributed by atoms with van der Waals surface area (Å²) in [6.07, 6.45) is 11.0. The number of hydrogen-bond acceptors (Lipinski definition) is 4. The number of thioether (sulfide) groups is 1. The summed E-state index contributed by atoms with van der Waals surface area (Å²) in [5.74, 6) is -1.05. The van der Waals surface area contributed by atoms with Crippen molar-refractivity contribution in [3.05, 3.63) is 34.9 Å². The van der Waals surface area contributed by atoms with Crippen LogP contribution in [0, 0.1) is 5.92 Å². The maximum atomic E-state index is 12.1. The molecule has 30 heavy (non-hydrogen) atoms. The number of carboxylic acid groups (broad SMARTS) is 1. The van der Waals surface area contributed by atoms with E-state index in [9.17, 15) is 19.5 Å². The molecule has 0 aliphatic carbocycles. The lowest BCUT2D eigenvalue weighted by Crippen LogP contribution is -2.45. The molecular weight excluding hydrogens is 398 g/mol. The van der Waals surface area contributed by atoms with Crippen LogP contribution in [0.3, 0.4) is 0 Å². The van der Waals surface area contributed by atoms with Crippen molar-refractivity contribution in [3.63, 3.8) is 0 Å². The van der Waals surface area contributed by atoms with E-state index >= 15 is 0 Å². The van der Waals surface area contributed by atoms with Gasteiger partial charge in [-0.2, -0.15) is 11.8 Å². The molecule has 0 aliphatic heterocycles. The number of aliphatic carboxylic acids is 1. The van der Waals surface area contributed by atoms with Crippen LogP contribution in [-0.2, 0) is 14.4 Å². The normalized spacial score (nSPS) is 14.1. The number of carbonyl (C=O) groups excluding carboxylic acids is 2. The van der Waals surface area contributed by atoms with Crippen molar-refractivity contribution in [2.24, 2.45) is 5.92 Å². The van der Waals surface area contributed by atoms with Crippen LogP contribution in [0.2, 0.25) is 0 Å². The van der Waals surface area contributed by atoms with Gasteiger partial charge in [-0.25, -0.2) is 4.79 Å². The van der Waals surface area contributed by atoms with Crippen molar-refractivity contribution < 1.29 is 19.5 Å². The van der Waals surface area contributed by atoms with E-state index in [0.29, 0.717) is 11.5 Å². The van der Waals surface area contributed by atoms with E-state index in [2.05, 4.69) is 51.2 Å². The Morgan fingerprint density at radius 2 is 1.50 bits per heavy atom. The molecule has 2 N–H and O–H groups in total. The van der Waals surface area contributed by atoms with Crippen LogP contribution in [0.4, 0.5) is 0 Å². The molecule has 0 heterocycles. The highest BCUT2D eigenvalue weighted by molar-refractivity contribution is 7.99. The summed E-state index contributed by atoms with van der Waals surface area (Å²) in [6, 6.07) is -0.947. The number of nitrogens with one attached hydrogen (secondary N) is 1. The minimum atomic E-state index is -1.06. The summed E-state index contributed by atoms with van der Waals surface area (Å²) in [4.78, 5) is 34.6. The van der Waals surface area contributed by atoms with E-state index in [4.69, 9.17) is 0 Å².